The molecule has 0 saturated carbocycles. The van der Waals surface area contributed by atoms with Crippen LogP contribution in [0.2, 0.25) is 0 Å². The summed E-state index contributed by atoms with van der Waals surface area (Å²) in [6.07, 6.45) is 0. The van der Waals surface area contributed by atoms with Crippen LogP contribution in [0.3, 0.4) is 0 Å². The van der Waals surface area contributed by atoms with E-state index in [9.17, 15) is 0 Å². The molecular weight excluding hydrogens is 946 g/mol. The van der Waals surface area contributed by atoms with E-state index in [1.165, 1.54) is 17.8 Å². The van der Waals surface area contributed by atoms with Gasteiger partial charge in [-0.05, 0) is 143 Å². The molecule has 2 N–H and O–H groups in total. The number of rotatable bonds is 8. The van der Waals surface area contributed by atoms with Crippen LogP contribution < -0.4 is 24.4 Å². The molecule has 0 radical (unpaired) electrons. The summed E-state index contributed by atoms with van der Waals surface area (Å²) in [5.41, 5.74) is 12.7. The molecule has 0 aliphatic heterocycles. The molecule has 0 aliphatic rings. The van der Waals surface area contributed by atoms with Crippen LogP contribution in [-0.4, -0.2) is 84.3 Å². The molecule has 0 aliphatic carbocycles. The van der Waals surface area contributed by atoms with Gasteiger partial charge >= 0.3 is 7.12 Å². The average molecular weight is 997 g/mol. The molecule has 10 rings (SSSR count). The van der Waals surface area contributed by atoms with Crippen molar-refractivity contribution in [3.8, 4) is 57.2 Å². The molecule has 0 atom stereocenters. The average Bonchev–Trinajstić information content (AvgIpc) is 4.05. The third-order valence-electron chi connectivity index (χ3n) is 11.8. The van der Waals surface area contributed by atoms with Gasteiger partial charge in [-0.2, -0.15) is 10.2 Å². The molecule has 10 aromatic rings. The molecule has 0 spiro atoms. The van der Waals surface area contributed by atoms with Crippen molar-refractivity contribution in [3.05, 3.63) is 124 Å². The normalized spacial score (nSPS) is 11.1. The van der Waals surface area contributed by atoms with Crippen molar-refractivity contribution in [3.63, 3.8) is 0 Å². The Balaban J connectivity index is 0.000000146. The lowest BCUT2D eigenvalue weighted by molar-refractivity contribution is 0.354. The van der Waals surface area contributed by atoms with Crippen LogP contribution in [0.25, 0.3) is 78.0 Å². The fraction of sp³-hybridized carbons (Fsp3) is 0.200. The zero-order valence-electron chi connectivity index (χ0n) is 38.5. The summed E-state index contributed by atoms with van der Waals surface area (Å²) in [6.45, 7) is 3.85. The number of hydrogen-bond acceptors (Lipinski definition) is 10. The number of benzene rings is 6. The minimum Gasteiger partial charge on any atom is -0.493 e. The highest BCUT2D eigenvalue weighted by atomic mass is 127. The van der Waals surface area contributed by atoms with E-state index < -0.39 is 7.12 Å². The number of fused-ring (bicyclic) bond motifs is 4. The van der Waals surface area contributed by atoms with E-state index in [-0.39, 0.29) is 0 Å². The summed E-state index contributed by atoms with van der Waals surface area (Å²) in [5.74, 6) is 4.28. The summed E-state index contributed by atoms with van der Waals surface area (Å²) in [5, 5.41) is 29.8. The van der Waals surface area contributed by atoms with Crippen molar-refractivity contribution < 1.29 is 29.0 Å². The Hall–Kier alpha value is -6.89. The highest BCUT2D eigenvalue weighted by molar-refractivity contribution is 14.1. The predicted octanol–water partition coefficient (Wildman–Crippen LogP) is 8.54. The molecule has 16 heteroatoms. The van der Waals surface area contributed by atoms with Crippen molar-refractivity contribution in [1.29, 1.82) is 0 Å². The number of para-hydroxylation sites is 4. The Morgan fingerprint density at radius 3 is 1.47 bits per heavy atom. The van der Waals surface area contributed by atoms with Gasteiger partial charge in [-0.1, -0.05) is 30.3 Å². The van der Waals surface area contributed by atoms with Gasteiger partial charge in [-0.25, -0.2) is 9.97 Å². The van der Waals surface area contributed by atoms with Crippen molar-refractivity contribution in [1.82, 2.24) is 38.7 Å². The van der Waals surface area contributed by atoms with Crippen molar-refractivity contribution in [2.75, 3.05) is 28.4 Å². The second-order valence-corrected chi connectivity index (χ2v) is 17.0. The summed E-state index contributed by atoms with van der Waals surface area (Å²) < 4.78 is 30.3. The highest BCUT2D eigenvalue weighted by Gasteiger charge is 2.21. The molecule has 4 heterocycles. The maximum absolute atomic E-state index is 9.05. The standard InChI is InChI=1S/C25H24N4O2.C16H13IN4.C9H13BO4/c1-15-12-22(30-4)23(31-5)14-18(15)16-10-11-17-21(13-16)29(3)27-24(17)25-26-19-8-6-7-9-20(19)28(25)2;1-20-13-6-4-3-5-12(13)18-16(20)15-11-8-7-10(17)9-14(11)21(2)19-15;1-6-4-8(13-2)9(14-3)5-7(6)10(11)12/h6-14H,1-5H3;3-9H,1-2H3;4-5,11-12H,1-3H3. The van der Waals surface area contributed by atoms with Crippen molar-refractivity contribution in [2.45, 2.75) is 13.8 Å². The first-order valence-corrected chi connectivity index (χ1v) is 22.1. The fourth-order valence-corrected chi connectivity index (χ4v) is 8.74. The minimum atomic E-state index is -1.49. The van der Waals surface area contributed by atoms with E-state index in [1.54, 1.807) is 33.3 Å². The largest absolute Gasteiger partial charge is 0.493 e. The lowest BCUT2D eigenvalue weighted by Gasteiger charge is -2.13. The van der Waals surface area contributed by atoms with Crippen molar-refractivity contribution >= 4 is 79.0 Å². The molecule has 0 unspecified atom stereocenters. The number of nitrogens with zero attached hydrogens (tertiary/aromatic N) is 8. The van der Waals surface area contributed by atoms with Crippen LogP contribution in [0.4, 0.5) is 0 Å². The maximum Gasteiger partial charge on any atom is 0.488 e. The number of halogens is 1. The first-order chi connectivity index (χ1) is 31.8. The molecule has 0 bridgehead atoms. The second kappa shape index (κ2) is 18.9. The van der Waals surface area contributed by atoms with E-state index in [4.69, 9.17) is 44.1 Å². The van der Waals surface area contributed by atoms with Gasteiger partial charge in [0.15, 0.2) is 34.6 Å². The van der Waals surface area contributed by atoms with E-state index in [1.807, 2.05) is 86.1 Å². The number of imidazole rings is 2. The summed E-state index contributed by atoms with van der Waals surface area (Å²) in [6, 6.07) is 36.4. The quantitative estimate of drug-likeness (QED) is 0.112. The molecule has 14 nitrogen and oxygen atoms in total. The molecule has 336 valence electrons. The van der Waals surface area contributed by atoms with Gasteiger partial charge in [0, 0.05) is 42.5 Å². The maximum atomic E-state index is 9.05. The third-order valence-corrected chi connectivity index (χ3v) is 12.4. The van der Waals surface area contributed by atoms with Crippen molar-refractivity contribution in [2.24, 2.45) is 28.2 Å². The van der Waals surface area contributed by atoms with Gasteiger partial charge in [0.2, 0.25) is 0 Å². The van der Waals surface area contributed by atoms with Gasteiger partial charge in [-0.3, -0.25) is 9.36 Å². The number of aromatic nitrogens is 8. The Morgan fingerprint density at radius 2 is 0.970 bits per heavy atom. The number of aryl methyl sites for hydroxylation is 6. The zero-order chi connectivity index (χ0) is 47.0. The van der Waals surface area contributed by atoms with E-state index >= 15 is 0 Å². The fourth-order valence-electron chi connectivity index (χ4n) is 8.27. The van der Waals surface area contributed by atoms with Gasteiger partial charge in [0.05, 0.1) is 61.5 Å². The summed E-state index contributed by atoms with van der Waals surface area (Å²) >= 11 is 2.32. The Kier molecular flexibility index (Phi) is 13.1. The second-order valence-electron chi connectivity index (χ2n) is 15.8. The Morgan fingerprint density at radius 1 is 0.515 bits per heavy atom. The van der Waals surface area contributed by atoms with Crippen LogP contribution in [0.15, 0.2) is 109 Å². The molecule has 6 aromatic carbocycles. The molecule has 0 saturated heterocycles. The van der Waals surface area contributed by atoms with Crippen LogP contribution in [0.1, 0.15) is 11.1 Å². The first kappa shape index (κ1) is 45.7. The highest BCUT2D eigenvalue weighted by Crippen LogP contribution is 2.38. The number of hydrogen-bond donors (Lipinski definition) is 2. The Bertz CT molecular complexity index is 3410. The van der Waals surface area contributed by atoms with Gasteiger partial charge in [-0.15, -0.1) is 0 Å². The van der Waals surface area contributed by atoms with Crippen LogP contribution in [0, 0.1) is 17.4 Å². The van der Waals surface area contributed by atoms with E-state index in [2.05, 4.69) is 92.3 Å². The SMILES string of the molecule is COc1cc(C)c(-c2ccc3c(-c4nc5ccccc5n4C)nn(C)c3c2)cc1OC.COc1cc(C)c(B(O)O)cc1OC.Cn1nc(-c2nc3ccccc3n2C)c2ccc(I)cc21. The number of methoxy groups -OCH3 is 4. The molecule has 0 amide bonds. The number of ether oxygens (including phenoxy) is 4. The van der Waals surface area contributed by atoms with Crippen LogP contribution in [-0.2, 0) is 28.2 Å². The molecular formula is C50H50BIN8O6. The van der Waals surface area contributed by atoms with E-state index in [0.29, 0.717) is 22.7 Å². The van der Waals surface area contributed by atoms with E-state index in [0.717, 1.165) is 94.9 Å². The smallest absolute Gasteiger partial charge is 0.488 e. The molecule has 66 heavy (non-hydrogen) atoms. The summed E-state index contributed by atoms with van der Waals surface area (Å²) in [4.78, 5) is 9.59. The topological polar surface area (TPSA) is 149 Å². The molecule has 4 aromatic heterocycles. The lowest BCUT2D eigenvalue weighted by atomic mass is 9.77. The van der Waals surface area contributed by atoms with Gasteiger partial charge in [0.1, 0.15) is 11.4 Å². The lowest BCUT2D eigenvalue weighted by Crippen LogP contribution is -2.32. The minimum absolute atomic E-state index is 0.419. The Labute approximate surface area is 396 Å². The zero-order valence-corrected chi connectivity index (χ0v) is 40.6. The first-order valence-electron chi connectivity index (χ1n) is 21.0. The van der Waals surface area contributed by atoms with Crippen LogP contribution >= 0.6 is 22.6 Å². The predicted molar refractivity (Wildman–Crippen MR) is 271 cm³/mol. The van der Waals surface area contributed by atoms with Gasteiger partial charge in [0.25, 0.3) is 0 Å². The van der Waals surface area contributed by atoms with Gasteiger partial charge < -0.3 is 38.1 Å². The van der Waals surface area contributed by atoms with Crippen LogP contribution in [0.5, 0.6) is 23.0 Å². The third kappa shape index (κ3) is 8.54. The summed E-state index contributed by atoms with van der Waals surface area (Å²) in [7, 11) is 12.9. The molecule has 0 fully saturated rings. The monoisotopic (exact) mass is 996 g/mol.